The summed E-state index contributed by atoms with van der Waals surface area (Å²) in [7, 11) is 0. The zero-order valence-corrected chi connectivity index (χ0v) is 25.2. The first-order chi connectivity index (χ1) is 20.1. The number of allylic oxidation sites excluding steroid dienone is 1. The molecule has 0 radical (unpaired) electrons. The standard InChI is InChI=1S/C38H31NO2S/c1-22-17-23(2)34(24(3)18-22)25-15-16-33-31(19-25)38(4,5)32-21-27(42-37(32)39(33)26-11-7-6-8-12-26)20-30-35(40)28-13-9-10-14-29(28)36(30)41/h6-21H,1-5H3. The number of thiophene rings is 1. The van der Waals surface area contributed by atoms with E-state index in [1.165, 1.54) is 38.9 Å². The molecule has 0 saturated heterocycles. The van der Waals surface area contributed by atoms with Crippen LogP contribution in [0.2, 0.25) is 0 Å². The van der Waals surface area contributed by atoms with Gasteiger partial charge in [-0.2, -0.15) is 0 Å². The lowest BCUT2D eigenvalue weighted by molar-refractivity contribution is 0.0990. The number of rotatable bonds is 3. The highest BCUT2D eigenvalue weighted by atomic mass is 32.1. The van der Waals surface area contributed by atoms with E-state index in [0.717, 1.165) is 21.3 Å². The van der Waals surface area contributed by atoms with Crippen LogP contribution in [0.3, 0.4) is 0 Å². The lowest BCUT2D eigenvalue weighted by Gasteiger charge is -2.40. The van der Waals surface area contributed by atoms with Crippen molar-refractivity contribution < 1.29 is 9.59 Å². The molecule has 4 heteroatoms. The van der Waals surface area contributed by atoms with E-state index in [1.807, 2.05) is 18.2 Å². The summed E-state index contributed by atoms with van der Waals surface area (Å²) >= 11 is 1.63. The molecule has 7 rings (SSSR count). The van der Waals surface area contributed by atoms with Crippen LogP contribution in [0.25, 0.3) is 17.2 Å². The third-order valence-corrected chi connectivity index (χ3v) is 9.76. The molecule has 0 saturated carbocycles. The van der Waals surface area contributed by atoms with Crippen LogP contribution in [0, 0.1) is 20.8 Å². The van der Waals surface area contributed by atoms with E-state index < -0.39 is 0 Å². The van der Waals surface area contributed by atoms with Crippen molar-refractivity contribution in [2.24, 2.45) is 0 Å². The lowest BCUT2D eigenvalue weighted by atomic mass is 9.74. The number of carbonyl (C=O) groups excluding carboxylic acids is 2. The number of anilines is 3. The van der Waals surface area contributed by atoms with Crippen molar-refractivity contribution in [1.29, 1.82) is 0 Å². The van der Waals surface area contributed by atoms with E-state index in [1.54, 1.807) is 29.5 Å². The number of aryl methyl sites for hydroxylation is 3. The highest BCUT2D eigenvalue weighted by Gasteiger charge is 2.40. The number of hydrogen-bond donors (Lipinski definition) is 0. The summed E-state index contributed by atoms with van der Waals surface area (Å²) in [4.78, 5) is 29.6. The average molecular weight is 566 g/mol. The SMILES string of the molecule is Cc1cc(C)c(-c2ccc3c(c2)C(C)(C)c2cc(C=C4C(=O)c5ccccc5C4=O)sc2N3c2ccccc2)c(C)c1. The van der Waals surface area contributed by atoms with E-state index >= 15 is 0 Å². The molecule has 4 aromatic carbocycles. The molecule has 0 unspecified atom stereocenters. The van der Waals surface area contributed by atoms with Gasteiger partial charge in [0.05, 0.1) is 11.3 Å². The third-order valence-electron chi connectivity index (χ3n) is 8.69. The van der Waals surface area contributed by atoms with Crippen LogP contribution >= 0.6 is 11.3 Å². The molecule has 1 aliphatic carbocycles. The second kappa shape index (κ2) is 9.50. The smallest absolute Gasteiger partial charge is 0.197 e. The molecule has 2 heterocycles. The average Bonchev–Trinajstić information content (AvgIpc) is 3.49. The van der Waals surface area contributed by atoms with Gasteiger partial charge >= 0.3 is 0 Å². The number of hydrogen-bond acceptors (Lipinski definition) is 4. The topological polar surface area (TPSA) is 37.4 Å². The molecule has 1 aliphatic heterocycles. The first-order valence-corrected chi connectivity index (χ1v) is 15.1. The molecule has 0 spiro atoms. The summed E-state index contributed by atoms with van der Waals surface area (Å²) in [6.07, 6.45) is 1.79. The Hall–Kier alpha value is -4.54. The van der Waals surface area contributed by atoms with Gasteiger partial charge in [-0.25, -0.2) is 0 Å². The van der Waals surface area contributed by atoms with Gasteiger partial charge in [0.15, 0.2) is 11.6 Å². The Labute approximate surface area is 250 Å². The van der Waals surface area contributed by atoms with Crippen LogP contribution < -0.4 is 4.90 Å². The molecular formula is C38H31NO2S. The fourth-order valence-corrected chi connectivity index (χ4v) is 8.04. The quantitative estimate of drug-likeness (QED) is 0.161. The molecule has 2 aliphatic rings. The number of carbonyl (C=O) groups is 2. The largest absolute Gasteiger partial charge is 0.301 e. The second-order valence-electron chi connectivity index (χ2n) is 11.9. The van der Waals surface area contributed by atoms with Gasteiger partial charge < -0.3 is 4.90 Å². The molecule has 3 nitrogen and oxygen atoms in total. The number of benzene rings is 4. The number of Topliss-reactive ketones (excluding diaryl/α,β-unsaturated/α-hetero) is 2. The van der Waals surface area contributed by atoms with Crippen molar-refractivity contribution >= 4 is 45.4 Å². The van der Waals surface area contributed by atoms with Gasteiger partial charge in [-0.15, -0.1) is 11.3 Å². The van der Waals surface area contributed by atoms with Gasteiger partial charge in [-0.1, -0.05) is 80.1 Å². The van der Waals surface area contributed by atoms with Crippen LogP contribution in [0.4, 0.5) is 16.4 Å². The molecule has 42 heavy (non-hydrogen) atoms. The van der Waals surface area contributed by atoms with Crippen LogP contribution in [0.1, 0.15) is 67.3 Å². The summed E-state index contributed by atoms with van der Waals surface area (Å²) in [5.41, 5.74) is 11.9. The molecular weight excluding hydrogens is 534 g/mol. The minimum absolute atomic E-state index is 0.196. The van der Waals surface area contributed by atoms with Gasteiger partial charge in [0.1, 0.15) is 5.00 Å². The molecule has 0 fully saturated rings. The van der Waals surface area contributed by atoms with Crippen molar-refractivity contribution in [1.82, 2.24) is 0 Å². The molecule has 0 amide bonds. The Morgan fingerprint density at radius 3 is 1.98 bits per heavy atom. The van der Waals surface area contributed by atoms with E-state index in [2.05, 4.69) is 100 Å². The van der Waals surface area contributed by atoms with Crippen LogP contribution in [-0.4, -0.2) is 11.6 Å². The lowest BCUT2D eigenvalue weighted by Crippen LogP contribution is -2.29. The number of para-hydroxylation sites is 1. The number of ketones is 2. The summed E-state index contributed by atoms with van der Waals surface area (Å²) in [6, 6.07) is 31.0. The maximum Gasteiger partial charge on any atom is 0.197 e. The minimum atomic E-state index is -0.307. The van der Waals surface area contributed by atoms with Gasteiger partial charge in [0, 0.05) is 27.1 Å². The third kappa shape index (κ3) is 3.93. The first-order valence-electron chi connectivity index (χ1n) is 14.3. The van der Waals surface area contributed by atoms with Gasteiger partial charge in [0.25, 0.3) is 0 Å². The van der Waals surface area contributed by atoms with E-state index in [4.69, 9.17) is 0 Å². The van der Waals surface area contributed by atoms with Crippen molar-refractivity contribution in [3.63, 3.8) is 0 Å². The Morgan fingerprint density at radius 2 is 1.33 bits per heavy atom. The van der Waals surface area contributed by atoms with E-state index in [9.17, 15) is 9.59 Å². The molecule has 0 bridgehead atoms. The van der Waals surface area contributed by atoms with Crippen molar-refractivity contribution in [2.75, 3.05) is 4.90 Å². The highest BCUT2D eigenvalue weighted by molar-refractivity contribution is 7.17. The normalized spacial score (nSPS) is 15.0. The fourth-order valence-electron chi connectivity index (χ4n) is 6.74. The Balaban J connectivity index is 1.41. The fraction of sp³-hybridized carbons (Fsp3) is 0.158. The molecule has 206 valence electrons. The maximum atomic E-state index is 13.2. The van der Waals surface area contributed by atoms with E-state index in [-0.39, 0.29) is 22.6 Å². The van der Waals surface area contributed by atoms with Crippen LogP contribution in [-0.2, 0) is 5.41 Å². The second-order valence-corrected chi connectivity index (χ2v) is 13.0. The molecule has 0 atom stereocenters. The van der Waals surface area contributed by atoms with Gasteiger partial charge in [0.2, 0.25) is 0 Å². The minimum Gasteiger partial charge on any atom is -0.301 e. The zero-order valence-electron chi connectivity index (χ0n) is 24.4. The molecule has 0 N–H and O–H groups in total. The summed E-state index contributed by atoms with van der Waals surface area (Å²) in [5, 5.41) is 1.11. The van der Waals surface area contributed by atoms with Crippen LogP contribution in [0.15, 0.2) is 96.6 Å². The highest BCUT2D eigenvalue weighted by Crippen LogP contribution is 2.56. The van der Waals surface area contributed by atoms with Gasteiger partial charge in [-0.05, 0) is 90.6 Å². The summed E-state index contributed by atoms with van der Waals surface area (Å²) < 4.78 is 0. The van der Waals surface area contributed by atoms with Crippen molar-refractivity contribution in [3.8, 4) is 11.1 Å². The predicted octanol–water partition coefficient (Wildman–Crippen LogP) is 9.91. The zero-order chi connectivity index (χ0) is 29.3. The van der Waals surface area contributed by atoms with Crippen molar-refractivity contribution in [3.05, 3.63) is 140 Å². The predicted molar refractivity (Wildman–Crippen MR) is 174 cm³/mol. The maximum absolute atomic E-state index is 13.2. The first kappa shape index (κ1) is 26.4. The Bertz CT molecular complexity index is 1920. The van der Waals surface area contributed by atoms with Gasteiger partial charge in [-0.3, -0.25) is 9.59 Å². The molecule has 1 aromatic heterocycles. The van der Waals surface area contributed by atoms with Crippen LogP contribution in [0.5, 0.6) is 0 Å². The number of nitrogens with zero attached hydrogens (tertiary/aromatic N) is 1. The summed E-state index contributed by atoms with van der Waals surface area (Å²) in [5.74, 6) is -0.393. The number of fused-ring (bicyclic) bond motifs is 3. The monoisotopic (exact) mass is 565 g/mol. The molecule has 5 aromatic rings. The van der Waals surface area contributed by atoms with Crippen molar-refractivity contribution in [2.45, 2.75) is 40.0 Å². The summed E-state index contributed by atoms with van der Waals surface area (Å²) in [6.45, 7) is 11.1. The Kier molecular flexibility index (Phi) is 5.96. The Morgan fingerprint density at radius 1 is 0.714 bits per heavy atom. The van der Waals surface area contributed by atoms with E-state index in [0.29, 0.717) is 11.1 Å².